The number of carbonyl (C=O) groups is 2. The highest BCUT2D eigenvalue weighted by Crippen LogP contribution is 2.33. The van der Waals surface area contributed by atoms with Crippen LogP contribution in [0.1, 0.15) is 65.7 Å². The fourth-order valence-electron chi connectivity index (χ4n) is 3.37. The number of nitrogens with one attached hydrogen (secondary N) is 3. The third kappa shape index (κ3) is 6.54. The van der Waals surface area contributed by atoms with Crippen molar-refractivity contribution in [3.05, 3.63) is 0 Å². The topological polar surface area (TPSA) is 70.2 Å². The highest BCUT2D eigenvalue weighted by molar-refractivity contribution is 8.00. The van der Waals surface area contributed by atoms with Gasteiger partial charge < -0.3 is 16.0 Å². The third-order valence-corrected chi connectivity index (χ3v) is 6.26. The Labute approximate surface area is 150 Å². The maximum absolute atomic E-state index is 11.8. The van der Waals surface area contributed by atoms with Crippen LogP contribution in [0.4, 0.5) is 4.79 Å². The summed E-state index contributed by atoms with van der Waals surface area (Å²) >= 11 is 1.94. The lowest BCUT2D eigenvalue weighted by molar-refractivity contribution is -0.121. The first-order valence-corrected chi connectivity index (χ1v) is 10.4. The lowest BCUT2D eigenvalue weighted by Gasteiger charge is -2.17. The van der Waals surface area contributed by atoms with Gasteiger partial charge in [-0.05, 0) is 31.1 Å². The predicted molar refractivity (Wildman–Crippen MR) is 100 cm³/mol. The Hall–Kier alpha value is -0.910. The monoisotopic (exact) mass is 355 g/mol. The molecule has 5 nitrogen and oxygen atoms in total. The van der Waals surface area contributed by atoms with E-state index in [9.17, 15) is 9.59 Å². The van der Waals surface area contributed by atoms with Crippen molar-refractivity contribution in [2.45, 2.75) is 83.1 Å². The Morgan fingerprint density at radius 3 is 2.75 bits per heavy atom. The summed E-state index contributed by atoms with van der Waals surface area (Å²) in [5.74, 6) is 1.18. The summed E-state index contributed by atoms with van der Waals surface area (Å²) in [6, 6.07) is 0.546. The number of urea groups is 1. The Bertz CT molecular complexity index is 436. The molecule has 0 aromatic carbocycles. The number of hydrogen-bond acceptors (Lipinski definition) is 3. The van der Waals surface area contributed by atoms with Crippen molar-refractivity contribution < 1.29 is 9.59 Å². The standard InChI is InChI=1S/C18H33N3O2S/c1-18(2,3)10-6-7-11-19-15(22)9-5-4-8-14-16-13(12-24-14)20-17(23)21-16/h13-14,16H,4-12H2,1-3H3,(H,19,22)(H2,20,21,23)/t13?,14-,16?/m0/s1. The summed E-state index contributed by atoms with van der Waals surface area (Å²) in [6.45, 7) is 7.56. The Morgan fingerprint density at radius 2 is 2.00 bits per heavy atom. The van der Waals surface area contributed by atoms with Gasteiger partial charge in [0.2, 0.25) is 5.91 Å². The van der Waals surface area contributed by atoms with E-state index in [1.54, 1.807) is 0 Å². The maximum Gasteiger partial charge on any atom is 0.315 e. The highest BCUT2D eigenvalue weighted by atomic mass is 32.2. The van der Waals surface area contributed by atoms with Crippen molar-refractivity contribution in [3.63, 3.8) is 0 Å². The molecule has 0 saturated carbocycles. The molecule has 0 aliphatic carbocycles. The largest absolute Gasteiger partial charge is 0.356 e. The molecule has 3 atom stereocenters. The molecule has 3 amide bonds. The van der Waals surface area contributed by atoms with Gasteiger partial charge in [0.15, 0.2) is 0 Å². The number of carbonyl (C=O) groups excluding carboxylic acids is 2. The zero-order chi connectivity index (χ0) is 17.6. The van der Waals surface area contributed by atoms with E-state index in [2.05, 4.69) is 36.7 Å². The van der Waals surface area contributed by atoms with Gasteiger partial charge in [0.05, 0.1) is 12.1 Å². The van der Waals surface area contributed by atoms with Gasteiger partial charge >= 0.3 is 6.03 Å². The van der Waals surface area contributed by atoms with Crippen LogP contribution in [0, 0.1) is 5.41 Å². The number of rotatable bonds is 9. The van der Waals surface area contributed by atoms with Crippen molar-refractivity contribution >= 4 is 23.7 Å². The summed E-state index contributed by atoms with van der Waals surface area (Å²) in [5, 5.41) is 9.50. The highest BCUT2D eigenvalue weighted by Gasteiger charge is 2.42. The minimum Gasteiger partial charge on any atom is -0.356 e. The van der Waals surface area contributed by atoms with Crippen LogP contribution in [0.3, 0.4) is 0 Å². The number of hydrogen-bond donors (Lipinski definition) is 3. The maximum atomic E-state index is 11.8. The van der Waals surface area contributed by atoms with E-state index in [1.165, 1.54) is 12.8 Å². The molecule has 138 valence electrons. The molecule has 2 fully saturated rings. The lowest BCUT2D eigenvalue weighted by Crippen LogP contribution is -2.36. The molecule has 2 aliphatic heterocycles. The zero-order valence-electron chi connectivity index (χ0n) is 15.3. The van der Waals surface area contributed by atoms with Crippen molar-refractivity contribution in [1.82, 2.24) is 16.0 Å². The lowest BCUT2D eigenvalue weighted by atomic mass is 9.90. The second kappa shape index (κ2) is 8.97. The molecule has 2 unspecified atom stereocenters. The van der Waals surface area contributed by atoms with E-state index in [1.807, 2.05) is 11.8 Å². The Kier molecular flexibility index (Phi) is 7.26. The molecule has 0 aromatic heterocycles. The number of amides is 3. The van der Waals surface area contributed by atoms with E-state index in [0.29, 0.717) is 23.1 Å². The van der Waals surface area contributed by atoms with Gasteiger partial charge in [-0.1, -0.05) is 33.6 Å². The van der Waals surface area contributed by atoms with Crippen LogP contribution < -0.4 is 16.0 Å². The van der Waals surface area contributed by atoms with Crippen LogP contribution in [0.25, 0.3) is 0 Å². The molecule has 2 heterocycles. The molecule has 3 N–H and O–H groups in total. The summed E-state index contributed by atoms with van der Waals surface area (Å²) in [6.07, 6.45) is 7.12. The van der Waals surface area contributed by atoms with Crippen LogP contribution in [0.5, 0.6) is 0 Å². The van der Waals surface area contributed by atoms with Crippen LogP contribution in [-0.4, -0.2) is 41.6 Å². The van der Waals surface area contributed by atoms with Crippen molar-refractivity contribution in [2.75, 3.05) is 12.3 Å². The van der Waals surface area contributed by atoms with Crippen molar-refractivity contribution in [3.8, 4) is 0 Å². The minimum atomic E-state index is -0.0267. The van der Waals surface area contributed by atoms with Gasteiger partial charge in [-0.2, -0.15) is 11.8 Å². The summed E-state index contributed by atoms with van der Waals surface area (Å²) < 4.78 is 0. The summed E-state index contributed by atoms with van der Waals surface area (Å²) in [5.41, 5.74) is 0.384. The van der Waals surface area contributed by atoms with Crippen LogP contribution in [0.15, 0.2) is 0 Å². The Balaban J connectivity index is 1.47. The first kappa shape index (κ1) is 19.4. The fraction of sp³-hybridized carbons (Fsp3) is 0.889. The molecular weight excluding hydrogens is 322 g/mol. The second-order valence-electron chi connectivity index (χ2n) is 8.24. The molecule has 2 saturated heterocycles. The minimum absolute atomic E-state index is 0.0267. The third-order valence-electron chi connectivity index (χ3n) is 4.76. The first-order valence-electron chi connectivity index (χ1n) is 9.30. The molecule has 2 aliphatic rings. The smallest absolute Gasteiger partial charge is 0.315 e. The molecule has 0 radical (unpaired) electrons. The van der Waals surface area contributed by atoms with Gasteiger partial charge in [-0.3, -0.25) is 4.79 Å². The number of thioether (sulfide) groups is 1. The van der Waals surface area contributed by atoms with Gasteiger partial charge in [-0.25, -0.2) is 4.79 Å². The summed E-state index contributed by atoms with van der Waals surface area (Å²) in [4.78, 5) is 23.2. The van der Waals surface area contributed by atoms with Crippen LogP contribution >= 0.6 is 11.8 Å². The number of fused-ring (bicyclic) bond motifs is 1. The van der Waals surface area contributed by atoms with E-state index in [0.717, 1.165) is 38.0 Å². The molecule has 0 aromatic rings. The average Bonchev–Trinajstić information content (AvgIpc) is 3.01. The van der Waals surface area contributed by atoms with Crippen molar-refractivity contribution in [2.24, 2.45) is 5.41 Å². The van der Waals surface area contributed by atoms with Crippen LogP contribution in [0.2, 0.25) is 0 Å². The Morgan fingerprint density at radius 1 is 1.21 bits per heavy atom. The van der Waals surface area contributed by atoms with Gasteiger partial charge in [-0.15, -0.1) is 0 Å². The van der Waals surface area contributed by atoms with Gasteiger partial charge in [0, 0.05) is 24.0 Å². The van der Waals surface area contributed by atoms with E-state index < -0.39 is 0 Å². The molecule has 6 heteroatoms. The average molecular weight is 356 g/mol. The SMILES string of the molecule is CC(C)(C)CCCCNC(=O)CCCC[C@@H]1SCC2NC(=O)NC21. The number of unbranched alkanes of at least 4 members (excludes halogenated alkanes) is 2. The van der Waals surface area contributed by atoms with Crippen molar-refractivity contribution in [1.29, 1.82) is 0 Å². The molecule has 2 rings (SSSR count). The first-order chi connectivity index (χ1) is 11.3. The normalized spacial score (nSPS) is 26.0. The second-order valence-corrected chi connectivity index (χ2v) is 9.51. The zero-order valence-corrected chi connectivity index (χ0v) is 16.1. The molecule has 0 spiro atoms. The molecule has 24 heavy (non-hydrogen) atoms. The summed E-state index contributed by atoms with van der Waals surface area (Å²) in [7, 11) is 0. The quantitative estimate of drug-likeness (QED) is 0.440. The van der Waals surface area contributed by atoms with Gasteiger partial charge in [0.1, 0.15) is 0 Å². The van der Waals surface area contributed by atoms with E-state index in [-0.39, 0.29) is 18.0 Å². The molecule has 0 bridgehead atoms. The van der Waals surface area contributed by atoms with Crippen LogP contribution in [-0.2, 0) is 4.79 Å². The fourth-order valence-corrected chi connectivity index (χ4v) is 4.91. The van der Waals surface area contributed by atoms with E-state index >= 15 is 0 Å². The predicted octanol–water partition coefficient (Wildman–Crippen LogP) is 3.04. The van der Waals surface area contributed by atoms with E-state index in [4.69, 9.17) is 0 Å². The molecular formula is C18H33N3O2S. The van der Waals surface area contributed by atoms with Gasteiger partial charge in [0.25, 0.3) is 0 Å².